The molecule has 0 saturated heterocycles. The average molecular weight is 200 g/mol. The minimum atomic E-state index is -0.311. The van der Waals surface area contributed by atoms with Crippen molar-refractivity contribution < 1.29 is 5.11 Å². The van der Waals surface area contributed by atoms with Crippen LogP contribution < -0.4 is 0 Å². The van der Waals surface area contributed by atoms with Crippen molar-refractivity contribution in [2.45, 2.75) is 31.4 Å². The molecule has 1 atom stereocenters. The van der Waals surface area contributed by atoms with Crippen molar-refractivity contribution in [3.05, 3.63) is 12.4 Å². The minimum absolute atomic E-state index is 0.280. The quantitative estimate of drug-likeness (QED) is 0.751. The fourth-order valence-corrected chi connectivity index (χ4v) is 1.33. The van der Waals surface area contributed by atoms with E-state index in [4.69, 9.17) is 0 Å². The van der Waals surface area contributed by atoms with Crippen molar-refractivity contribution in [1.29, 1.82) is 0 Å². The van der Waals surface area contributed by atoms with Crippen LogP contribution in [-0.2, 0) is 6.54 Å². The third kappa shape index (κ3) is 3.04. The summed E-state index contributed by atoms with van der Waals surface area (Å²) in [5.41, 5.74) is 0. The van der Waals surface area contributed by atoms with Gasteiger partial charge in [0.05, 0.1) is 18.8 Å². The molecule has 3 nitrogen and oxygen atoms in total. The van der Waals surface area contributed by atoms with Crippen LogP contribution in [0.1, 0.15) is 13.8 Å². The lowest BCUT2D eigenvalue weighted by Crippen LogP contribution is -2.21. The summed E-state index contributed by atoms with van der Waals surface area (Å²) in [5, 5.41) is 13.7. The standard InChI is InChI=1S/C9H16N2OS/c1-7(2)9(12)6-11-5-8(13-3)4-10-11/h4-5,7,9,12H,6H2,1-3H3/t9-/m1/s1. The molecule has 74 valence electrons. The van der Waals surface area contributed by atoms with Gasteiger partial charge in [-0.05, 0) is 12.2 Å². The lowest BCUT2D eigenvalue weighted by atomic mass is 10.1. The molecule has 0 bridgehead atoms. The monoisotopic (exact) mass is 200 g/mol. The van der Waals surface area contributed by atoms with Crippen LogP contribution in [-0.4, -0.2) is 27.2 Å². The zero-order valence-electron chi connectivity index (χ0n) is 8.27. The molecule has 1 rings (SSSR count). The second kappa shape index (κ2) is 4.67. The average Bonchev–Trinajstić information content (AvgIpc) is 2.52. The lowest BCUT2D eigenvalue weighted by Gasteiger charge is -2.13. The third-order valence-electron chi connectivity index (χ3n) is 1.99. The minimum Gasteiger partial charge on any atom is -0.391 e. The summed E-state index contributed by atoms with van der Waals surface area (Å²) in [5.74, 6) is 0.280. The maximum Gasteiger partial charge on any atom is 0.0758 e. The van der Waals surface area contributed by atoms with E-state index in [-0.39, 0.29) is 12.0 Å². The summed E-state index contributed by atoms with van der Waals surface area (Å²) in [6.07, 6.45) is 5.48. The van der Waals surface area contributed by atoms with Gasteiger partial charge in [-0.3, -0.25) is 4.68 Å². The number of rotatable bonds is 4. The van der Waals surface area contributed by atoms with Crippen LogP contribution in [0.3, 0.4) is 0 Å². The molecule has 0 aliphatic carbocycles. The first-order valence-corrected chi connectivity index (χ1v) is 5.60. The highest BCUT2D eigenvalue weighted by Crippen LogP contribution is 2.13. The molecule has 0 radical (unpaired) electrons. The van der Waals surface area contributed by atoms with Gasteiger partial charge in [-0.25, -0.2) is 0 Å². The molecule has 0 amide bonds. The van der Waals surface area contributed by atoms with E-state index in [1.54, 1.807) is 16.4 Å². The highest BCUT2D eigenvalue weighted by atomic mass is 32.2. The summed E-state index contributed by atoms with van der Waals surface area (Å²) in [4.78, 5) is 1.14. The molecule has 0 aromatic carbocycles. The second-order valence-corrected chi connectivity index (χ2v) is 4.29. The number of thioether (sulfide) groups is 1. The smallest absolute Gasteiger partial charge is 0.0758 e. The van der Waals surface area contributed by atoms with E-state index in [1.165, 1.54) is 0 Å². The Bertz CT molecular complexity index is 260. The van der Waals surface area contributed by atoms with Gasteiger partial charge in [-0.2, -0.15) is 5.10 Å². The highest BCUT2D eigenvalue weighted by Gasteiger charge is 2.10. The van der Waals surface area contributed by atoms with E-state index in [2.05, 4.69) is 5.10 Å². The van der Waals surface area contributed by atoms with E-state index in [0.29, 0.717) is 6.54 Å². The van der Waals surface area contributed by atoms with Crippen LogP contribution in [0.4, 0.5) is 0 Å². The number of nitrogens with zero attached hydrogens (tertiary/aromatic N) is 2. The molecule has 0 aliphatic heterocycles. The predicted molar refractivity (Wildman–Crippen MR) is 54.9 cm³/mol. The Kier molecular flexibility index (Phi) is 3.81. The van der Waals surface area contributed by atoms with Crippen molar-refractivity contribution in [2.75, 3.05) is 6.26 Å². The third-order valence-corrected chi connectivity index (χ3v) is 2.67. The van der Waals surface area contributed by atoms with Crippen molar-refractivity contribution in [3.63, 3.8) is 0 Å². The number of aliphatic hydroxyl groups excluding tert-OH is 1. The van der Waals surface area contributed by atoms with Gasteiger partial charge in [0.15, 0.2) is 0 Å². The Labute approximate surface area is 83.1 Å². The first-order chi connectivity index (χ1) is 6.13. The van der Waals surface area contributed by atoms with Gasteiger partial charge in [0.25, 0.3) is 0 Å². The van der Waals surface area contributed by atoms with Crippen LogP contribution in [0.5, 0.6) is 0 Å². The van der Waals surface area contributed by atoms with Crippen molar-refractivity contribution in [2.24, 2.45) is 5.92 Å². The molecule has 0 unspecified atom stereocenters. The zero-order chi connectivity index (χ0) is 9.84. The maximum atomic E-state index is 9.59. The molecule has 0 spiro atoms. The van der Waals surface area contributed by atoms with E-state index in [9.17, 15) is 5.11 Å². The summed E-state index contributed by atoms with van der Waals surface area (Å²) in [6.45, 7) is 4.59. The molecule has 0 fully saturated rings. The van der Waals surface area contributed by atoms with Gasteiger partial charge in [0.2, 0.25) is 0 Å². The van der Waals surface area contributed by atoms with Gasteiger partial charge in [0.1, 0.15) is 0 Å². The molecule has 1 aromatic rings. The van der Waals surface area contributed by atoms with E-state index >= 15 is 0 Å². The summed E-state index contributed by atoms with van der Waals surface area (Å²) in [6, 6.07) is 0. The first-order valence-electron chi connectivity index (χ1n) is 4.38. The number of aromatic nitrogens is 2. The van der Waals surface area contributed by atoms with Gasteiger partial charge in [-0.1, -0.05) is 13.8 Å². The Morgan fingerprint density at radius 1 is 1.62 bits per heavy atom. The molecule has 1 N–H and O–H groups in total. The summed E-state index contributed by atoms with van der Waals surface area (Å²) in [7, 11) is 0. The molecule has 13 heavy (non-hydrogen) atoms. The molecule has 0 saturated carbocycles. The Morgan fingerprint density at radius 3 is 2.77 bits per heavy atom. The van der Waals surface area contributed by atoms with E-state index in [1.807, 2.05) is 32.5 Å². The van der Waals surface area contributed by atoms with Crippen molar-refractivity contribution >= 4 is 11.8 Å². The molecular formula is C9H16N2OS. The highest BCUT2D eigenvalue weighted by molar-refractivity contribution is 7.98. The van der Waals surface area contributed by atoms with Crippen LogP contribution in [0.25, 0.3) is 0 Å². The molecular weight excluding hydrogens is 184 g/mol. The maximum absolute atomic E-state index is 9.59. The summed E-state index contributed by atoms with van der Waals surface area (Å²) >= 11 is 1.66. The van der Waals surface area contributed by atoms with Crippen LogP contribution in [0.2, 0.25) is 0 Å². The van der Waals surface area contributed by atoms with Crippen LogP contribution in [0.15, 0.2) is 17.3 Å². The zero-order valence-corrected chi connectivity index (χ0v) is 9.08. The van der Waals surface area contributed by atoms with Crippen LogP contribution >= 0.6 is 11.8 Å². The number of hydrogen-bond donors (Lipinski definition) is 1. The normalized spacial score (nSPS) is 13.6. The van der Waals surface area contributed by atoms with Crippen molar-refractivity contribution in [1.82, 2.24) is 9.78 Å². The van der Waals surface area contributed by atoms with Crippen molar-refractivity contribution in [3.8, 4) is 0 Å². The fourth-order valence-electron chi connectivity index (χ4n) is 0.952. The summed E-state index contributed by atoms with van der Waals surface area (Å²) < 4.78 is 1.79. The van der Waals surface area contributed by atoms with Gasteiger partial charge < -0.3 is 5.11 Å². The lowest BCUT2D eigenvalue weighted by molar-refractivity contribution is 0.103. The topological polar surface area (TPSA) is 38.0 Å². The largest absolute Gasteiger partial charge is 0.391 e. The van der Waals surface area contributed by atoms with Crippen LogP contribution in [0, 0.1) is 5.92 Å². The van der Waals surface area contributed by atoms with Gasteiger partial charge in [0, 0.05) is 11.1 Å². The number of hydrogen-bond acceptors (Lipinski definition) is 3. The second-order valence-electron chi connectivity index (χ2n) is 3.41. The molecule has 0 aliphatic rings. The Morgan fingerprint density at radius 2 is 2.31 bits per heavy atom. The van der Waals surface area contributed by atoms with Gasteiger partial charge in [-0.15, -0.1) is 11.8 Å². The van der Waals surface area contributed by atoms with E-state index < -0.39 is 0 Å². The molecule has 4 heteroatoms. The first kappa shape index (κ1) is 10.6. The fraction of sp³-hybridized carbons (Fsp3) is 0.667. The molecule has 1 aromatic heterocycles. The Balaban J connectivity index is 2.53. The van der Waals surface area contributed by atoms with E-state index in [0.717, 1.165) is 4.90 Å². The Hall–Kier alpha value is -0.480. The molecule has 1 heterocycles. The van der Waals surface area contributed by atoms with Gasteiger partial charge >= 0.3 is 0 Å². The SMILES string of the molecule is CSc1cnn(C[C@@H](O)C(C)C)c1. The predicted octanol–water partition coefficient (Wildman–Crippen LogP) is 1.62. The number of aliphatic hydroxyl groups is 1.